The third-order valence-corrected chi connectivity index (χ3v) is 9.50. The van der Waals surface area contributed by atoms with Gasteiger partial charge in [-0.25, -0.2) is 5.43 Å². The number of ketones is 2. The summed E-state index contributed by atoms with van der Waals surface area (Å²) in [4.78, 5) is 40.5. The van der Waals surface area contributed by atoms with E-state index in [9.17, 15) is 34.8 Å². The number of hydrogen-bond donors (Lipinski definition) is 6. The zero-order chi connectivity index (χ0) is 34.7. The number of phenolic OH excluding ortho intramolecular Hbond substituents is 2. The fourth-order valence-electron chi connectivity index (χ4n) is 6.57. The van der Waals surface area contributed by atoms with E-state index in [1.807, 2.05) is 0 Å². The molecule has 1 heterocycles. The van der Waals surface area contributed by atoms with Gasteiger partial charge in [0.15, 0.2) is 12.1 Å². The van der Waals surface area contributed by atoms with E-state index in [1.165, 1.54) is 56.5 Å². The quantitative estimate of drug-likeness (QED) is 0.0991. The number of nitrogens with two attached hydrogens (primary N) is 1. The number of nitrogens with zero attached hydrogens (tertiary/aromatic N) is 1. The predicted octanol–water partition coefficient (Wildman–Crippen LogP) is 2.90. The van der Waals surface area contributed by atoms with Crippen LogP contribution in [-0.2, 0) is 15.9 Å². The first-order valence-electron chi connectivity index (χ1n) is 15.2. The Morgan fingerprint density at radius 1 is 1.08 bits per heavy atom. The van der Waals surface area contributed by atoms with Crippen LogP contribution in [0.2, 0.25) is 5.02 Å². The summed E-state index contributed by atoms with van der Waals surface area (Å²) in [7, 11) is 1.34. The van der Waals surface area contributed by atoms with Crippen molar-refractivity contribution in [1.29, 1.82) is 0 Å². The van der Waals surface area contributed by atoms with E-state index < -0.39 is 76.3 Å². The number of methoxy groups -OCH3 is 1. The molecule has 1 amide bonds. The molecule has 14 heteroatoms. The van der Waals surface area contributed by atoms with Crippen LogP contribution in [0.4, 0.5) is 0 Å². The third-order valence-electron chi connectivity index (χ3n) is 9.25. The summed E-state index contributed by atoms with van der Waals surface area (Å²) in [6.45, 7) is 3.07. The van der Waals surface area contributed by atoms with Gasteiger partial charge in [0, 0.05) is 52.6 Å². The molecule has 13 nitrogen and oxygen atoms in total. The Labute approximate surface area is 279 Å². The van der Waals surface area contributed by atoms with Gasteiger partial charge in [0.2, 0.25) is 5.78 Å². The zero-order valence-electron chi connectivity index (χ0n) is 26.2. The maximum atomic E-state index is 13.9. The van der Waals surface area contributed by atoms with E-state index >= 15 is 0 Å². The van der Waals surface area contributed by atoms with E-state index in [1.54, 1.807) is 6.92 Å². The average Bonchev–Trinajstić information content (AvgIpc) is 3.06. The highest BCUT2D eigenvalue weighted by molar-refractivity contribution is 6.31. The number of aliphatic hydroxyl groups excluding tert-OH is 1. The van der Waals surface area contributed by atoms with Crippen molar-refractivity contribution < 1.29 is 49.0 Å². The molecule has 6 atom stereocenters. The molecular weight excluding hydrogens is 646 g/mol. The fourth-order valence-corrected chi connectivity index (χ4v) is 6.70. The Hall–Kier alpha value is -4.37. The van der Waals surface area contributed by atoms with Crippen molar-refractivity contribution in [3.8, 4) is 17.2 Å². The molecule has 3 aromatic rings. The number of rotatable bonds is 6. The second-order valence-electron chi connectivity index (χ2n) is 12.2. The summed E-state index contributed by atoms with van der Waals surface area (Å²) in [5, 5.41) is 50.4. The van der Waals surface area contributed by atoms with Crippen molar-refractivity contribution in [3.05, 3.63) is 86.4 Å². The van der Waals surface area contributed by atoms with Crippen LogP contribution >= 0.6 is 11.6 Å². The number of ether oxygens (including phenoxy) is 3. The summed E-state index contributed by atoms with van der Waals surface area (Å²) in [5.41, 5.74) is 5.83. The summed E-state index contributed by atoms with van der Waals surface area (Å²) in [6, 6.07) is 9.80. The smallest absolute Gasteiger partial charge is 0.271 e. The molecule has 0 spiro atoms. The molecular formula is C34H34ClN3O10. The van der Waals surface area contributed by atoms with Gasteiger partial charge in [-0.15, -0.1) is 0 Å². The lowest BCUT2D eigenvalue weighted by molar-refractivity contribution is -0.245. The van der Waals surface area contributed by atoms with E-state index in [2.05, 4.69) is 10.5 Å². The van der Waals surface area contributed by atoms with Gasteiger partial charge in [-0.05, 0) is 44.2 Å². The van der Waals surface area contributed by atoms with Crippen LogP contribution in [0.15, 0.2) is 47.6 Å². The first-order valence-corrected chi connectivity index (χ1v) is 15.6. The summed E-state index contributed by atoms with van der Waals surface area (Å²) in [6.07, 6.45) is -4.60. The minimum absolute atomic E-state index is 0.0169. The molecule has 3 aromatic carbocycles. The Kier molecular flexibility index (Phi) is 8.79. The first kappa shape index (κ1) is 33.5. The normalized spacial score (nSPS) is 26.7. The first-order chi connectivity index (χ1) is 22.7. The highest BCUT2D eigenvalue weighted by Gasteiger charge is 2.49. The van der Waals surface area contributed by atoms with Crippen LogP contribution in [-0.4, -0.2) is 80.9 Å². The Morgan fingerprint density at radius 3 is 2.44 bits per heavy atom. The predicted molar refractivity (Wildman–Crippen MR) is 172 cm³/mol. The molecule has 1 saturated heterocycles. The molecule has 2 aliphatic carbocycles. The molecule has 0 saturated carbocycles. The monoisotopic (exact) mass is 679 g/mol. The molecule has 1 fully saturated rings. The highest BCUT2D eigenvalue weighted by Crippen LogP contribution is 2.52. The van der Waals surface area contributed by atoms with Gasteiger partial charge in [-0.1, -0.05) is 23.7 Å². The minimum atomic E-state index is -1.91. The van der Waals surface area contributed by atoms with E-state index in [-0.39, 0.29) is 58.5 Å². The zero-order valence-corrected chi connectivity index (χ0v) is 26.9. The van der Waals surface area contributed by atoms with Gasteiger partial charge in [0.25, 0.3) is 5.91 Å². The van der Waals surface area contributed by atoms with Gasteiger partial charge in [-0.2, -0.15) is 5.10 Å². The molecule has 0 aromatic heterocycles. The standard InChI is InChI=1S/C34H34ClN3O10/c1-14-28(39)20(36)11-23(47-14)48-22-13-34(45,15(2)37-38-33(44)16-7-9-17(35)10-8-16)12-19-25(22)32(43)27-26(30(19)41)29(40)18-5-4-6-21(46-3)24(18)31(27)42/h4-10,14,20,22-23,28,39,41,43,45H,11-13,36H2,1-3H3,(H,38,44)/b37-15+/t14?,20?,22-,23?,28?,34-/m0/s1. The van der Waals surface area contributed by atoms with Crippen LogP contribution in [0.25, 0.3) is 0 Å². The second kappa shape index (κ2) is 12.6. The molecule has 4 unspecified atom stereocenters. The van der Waals surface area contributed by atoms with Gasteiger partial charge in [-0.3, -0.25) is 14.4 Å². The van der Waals surface area contributed by atoms with Crippen LogP contribution in [0.5, 0.6) is 17.2 Å². The van der Waals surface area contributed by atoms with Crippen molar-refractivity contribution in [2.75, 3.05) is 7.11 Å². The number of aromatic hydroxyl groups is 2. The Bertz CT molecular complexity index is 1850. The van der Waals surface area contributed by atoms with Crippen LogP contribution < -0.4 is 15.9 Å². The van der Waals surface area contributed by atoms with Gasteiger partial charge >= 0.3 is 0 Å². The molecule has 7 N–H and O–H groups in total. The number of carbonyl (C=O) groups is 3. The lowest BCUT2D eigenvalue weighted by Gasteiger charge is -2.42. The molecule has 3 aliphatic rings. The van der Waals surface area contributed by atoms with Crippen LogP contribution in [0.1, 0.15) is 86.1 Å². The molecule has 0 bridgehead atoms. The number of amides is 1. The molecule has 0 radical (unpaired) electrons. The lowest BCUT2D eigenvalue weighted by Crippen LogP contribution is -2.52. The largest absolute Gasteiger partial charge is 0.507 e. The van der Waals surface area contributed by atoms with E-state index in [4.69, 9.17) is 31.5 Å². The third kappa shape index (κ3) is 5.62. The number of nitrogens with one attached hydrogen (secondary N) is 1. The number of phenols is 2. The summed E-state index contributed by atoms with van der Waals surface area (Å²) in [5.74, 6) is -3.19. The molecule has 6 rings (SSSR count). The highest BCUT2D eigenvalue weighted by atomic mass is 35.5. The second-order valence-corrected chi connectivity index (χ2v) is 12.7. The van der Waals surface area contributed by atoms with Crippen LogP contribution in [0.3, 0.4) is 0 Å². The maximum absolute atomic E-state index is 13.9. The average molecular weight is 680 g/mol. The van der Waals surface area contributed by atoms with Gasteiger partial charge < -0.3 is 40.4 Å². The maximum Gasteiger partial charge on any atom is 0.271 e. The van der Waals surface area contributed by atoms with E-state index in [0.29, 0.717) is 5.02 Å². The number of halogens is 1. The topological polar surface area (TPSA) is 210 Å². The number of hydrogen-bond acceptors (Lipinski definition) is 12. The van der Waals surface area contributed by atoms with Crippen LogP contribution in [0, 0.1) is 0 Å². The van der Waals surface area contributed by atoms with Crippen molar-refractivity contribution in [1.82, 2.24) is 5.43 Å². The van der Waals surface area contributed by atoms with Crippen molar-refractivity contribution in [2.24, 2.45) is 10.8 Å². The molecule has 252 valence electrons. The number of hydrazone groups is 1. The minimum Gasteiger partial charge on any atom is -0.507 e. The lowest BCUT2D eigenvalue weighted by atomic mass is 9.71. The van der Waals surface area contributed by atoms with Crippen molar-refractivity contribution >= 4 is 34.8 Å². The number of carbonyl (C=O) groups excluding carboxylic acids is 3. The van der Waals surface area contributed by atoms with Crippen molar-refractivity contribution in [3.63, 3.8) is 0 Å². The van der Waals surface area contributed by atoms with Crippen molar-refractivity contribution in [2.45, 2.75) is 69.4 Å². The Balaban J connectivity index is 1.44. The van der Waals surface area contributed by atoms with E-state index in [0.717, 1.165) is 0 Å². The SMILES string of the molecule is COc1cccc2c1C(=O)c1c(O)c3c(c(O)c1C2=O)C[C@@](O)(/C(C)=N/NC(=O)c1ccc(Cl)cc1)C[C@@H]3OC1CC(N)C(O)C(C)O1. The number of aliphatic hydroxyl groups is 2. The molecule has 1 aliphatic heterocycles. The number of benzene rings is 3. The van der Waals surface area contributed by atoms with Gasteiger partial charge in [0.1, 0.15) is 22.8 Å². The number of fused-ring (bicyclic) bond motifs is 3. The Morgan fingerprint density at radius 2 is 1.77 bits per heavy atom. The molecule has 48 heavy (non-hydrogen) atoms. The summed E-state index contributed by atoms with van der Waals surface area (Å²) >= 11 is 5.92. The van der Waals surface area contributed by atoms with Gasteiger partial charge in [0.05, 0.1) is 47.8 Å². The summed E-state index contributed by atoms with van der Waals surface area (Å²) < 4.78 is 17.5. The fraction of sp³-hybridized carbons (Fsp3) is 0.353.